The van der Waals surface area contributed by atoms with Gasteiger partial charge in [0.1, 0.15) is 11.5 Å². The fourth-order valence-corrected chi connectivity index (χ4v) is 2.96. The normalized spacial score (nSPS) is 11.5. The molecule has 9 heteroatoms. The van der Waals surface area contributed by atoms with Crippen molar-refractivity contribution in [2.45, 2.75) is 13.1 Å². The predicted octanol–water partition coefficient (Wildman–Crippen LogP) is 5.05. The highest BCUT2D eigenvalue weighted by Crippen LogP contribution is 2.30. The number of imidazole rings is 1. The second kappa shape index (κ2) is 7.51. The number of aromatic nitrogens is 3. The number of amides is 1. The van der Waals surface area contributed by atoms with Crippen molar-refractivity contribution in [1.82, 2.24) is 14.4 Å². The molecule has 0 unspecified atom stereocenters. The molecule has 0 aliphatic heterocycles. The Kier molecular flexibility index (Phi) is 4.86. The van der Waals surface area contributed by atoms with Crippen molar-refractivity contribution in [3.63, 3.8) is 0 Å². The maximum absolute atomic E-state index is 12.9. The summed E-state index contributed by atoms with van der Waals surface area (Å²) in [6, 6.07) is 15.0. The van der Waals surface area contributed by atoms with E-state index in [4.69, 9.17) is 0 Å². The molecule has 3 aromatic heterocycles. The van der Waals surface area contributed by atoms with E-state index >= 15 is 0 Å². The number of carbonyl (C=O) groups excluding carboxylic acids is 1. The van der Waals surface area contributed by atoms with Crippen LogP contribution in [0, 0.1) is 6.92 Å². The molecular weight excluding hydrogens is 395 g/mol. The Morgan fingerprint density at radius 2 is 1.73 bits per heavy atom. The lowest BCUT2D eigenvalue weighted by atomic mass is 10.2. The van der Waals surface area contributed by atoms with Crippen LogP contribution in [-0.2, 0) is 6.18 Å². The van der Waals surface area contributed by atoms with Crippen molar-refractivity contribution in [3.8, 4) is 0 Å². The molecule has 0 radical (unpaired) electrons. The largest absolute Gasteiger partial charge is 0.434 e. The minimum Gasteiger partial charge on any atom is -0.341 e. The number of hydrogen-bond acceptors (Lipinski definition) is 4. The standard InChI is InChI=1S/C21H16F3N5O/c1-13-16(4-3-11-25-13)20(30)27-15-9-7-14(8-10-15)26-18-5-2-6-19-28-17(12-29(18)19)21(22,23)24/h2-12,26H,1H3,(H,27,30). The first-order valence-electron chi connectivity index (χ1n) is 8.96. The van der Waals surface area contributed by atoms with Gasteiger partial charge in [-0.05, 0) is 55.5 Å². The van der Waals surface area contributed by atoms with Crippen LogP contribution in [0.15, 0.2) is 67.0 Å². The van der Waals surface area contributed by atoms with Gasteiger partial charge in [0.15, 0.2) is 5.69 Å². The summed E-state index contributed by atoms with van der Waals surface area (Å²) in [6.45, 7) is 1.75. The zero-order valence-corrected chi connectivity index (χ0v) is 15.7. The van der Waals surface area contributed by atoms with E-state index in [2.05, 4.69) is 20.6 Å². The molecule has 0 atom stereocenters. The van der Waals surface area contributed by atoms with Crippen LogP contribution in [0.25, 0.3) is 5.65 Å². The van der Waals surface area contributed by atoms with Crippen LogP contribution < -0.4 is 10.6 Å². The van der Waals surface area contributed by atoms with Crippen LogP contribution in [-0.4, -0.2) is 20.3 Å². The van der Waals surface area contributed by atoms with E-state index in [0.717, 1.165) is 6.20 Å². The lowest BCUT2D eigenvalue weighted by Gasteiger charge is -2.11. The molecule has 0 saturated heterocycles. The molecular formula is C21H16F3N5O. The zero-order valence-electron chi connectivity index (χ0n) is 15.7. The molecule has 0 aliphatic carbocycles. The maximum Gasteiger partial charge on any atom is 0.434 e. The molecule has 0 saturated carbocycles. The Balaban J connectivity index is 1.52. The van der Waals surface area contributed by atoms with Gasteiger partial charge in [0, 0.05) is 29.5 Å². The van der Waals surface area contributed by atoms with Gasteiger partial charge in [-0.25, -0.2) is 4.98 Å². The molecule has 0 bridgehead atoms. The third-order valence-electron chi connectivity index (χ3n) is 4.45. The molecule has 30 heavy (non-hydrogen) atoms. The molecule has 0 aliphatic rings. The summed E-state index contributed by atoms with van der Waals surface area (Å²) in [4.78, 5) is 20.1. The number of fused-ring (bicyclic) bond motifs is 1. The van der Waals surface area contributed by atoms with Gasteiger partial charge in [-0.15, -0.1) is 0 Å². The summed E-state index contributed by atoms with van der Waals surface area (Å²) in [5.74, 6) is 0.155. The number of aryl methyl sites for hydroxylation is 1. The Hall–Kier alpha value is -3.88. The minimum absolute atomic E-state index is 0.183. The fourth-order valence-electron chi connectivity index (χ4n) is 2.96. The summed E-state index contributed by atoms with van der Waals surface area (Å²) in [5.41, 5.74) is 1.55. The monoisotopic (exact) mass is 411 g/mol. The van der Waals surface area contributed by atoms with Gasteiger partial charge in [-0.3, -0.25) is 14.2 Å². The van der Waals surface area contributed by atoms with Crippen LogP contribution in [0.3, 0.4) is 0 Å². The Morgan fingerprint density at radius 1 is 1.00 bits per heavy atom. The van der Waals surface area contributed by atoms with Crippen LogP contribution in [0.1, 0.15) is 21.7 Å². The molecule has 3 heterocycles. The minimum atomic E-state index is -4.52. The smallest absolute Gasteiger partial charge is 0.341 e. The highest BCUT2D eigenvalue weighted by Gasteiger charge is 2.34. The average Bonchev–Trinajstić information content (AvgIpc) is 3.16. The maximum atomic E-state index is 12.9. The summed E-state index contributed by atoms with van der Waals surface area (Å²) in [6.07, 6.45) is -1.96. The number of carbonyl (C=O) groups is 1. The number of alkyl halides is 3. The lowest BCUT2D eigenvalue weighted by molar-refractivity contribution is -0.140. The van der Waals surface area contributed by atoms with Crippen molar-refractivity contribution in [2.75, 3.05) is 10.6 Å². The van der Waals surface area contributed by atoms with Gasteiger partial charge in [0.2, 0.25) is 0 Å². The third kappa shape index (κ3) is 3.95. The second-order valence-corrected chi connectivity index (χ2v) is 6.56. The summed E-state index contributed by atoms with van der Waals surface area (Å²) < 4.78 is 40.2. The van der Waals surface area contributed by atoms with Gasteiger partial charge in [-0.1, -0.05) is 6.07 Å². The summed E-state index contributed by atoms with van der Waals surface area (Å²) in [7, 11) is 0. The van der Waals surface area contributed by atoms with E-state index in [-0.39, 0.29) is 11.6 Å². The van der Waals surface area contributed by atoms with Crippen molar-refractivity contribution >= 4 is 28.7 Å². The predicted molar refractivity (Wildman–Crippen MR) is 107 cm³/mol. The first kappa shape index (κ1) is 19.4. The Bertz CT molecular complexity index is 1220. The van der Waals surface area contributed by atoms with Crippen LogP contribution in [0.4, 0.5) is 30.4 Å². The number of pyridine rings is 2. The number of benzene rings is 1. The number of anilines is 3. The molecule has 2 N–H and O–H groups in total. The van der Waals surface area contributed by atoms with Gasteiger partial charge in [-0.2, -0.15) is 13.2 Å². The number of halogens is 3. The molecule has 1 aromatic carbocycles. The molecule has 0 fully saturated rings. The van der Waals surface area contributed by atoms with Crippen molar-refractivity contribution in [1.29, 1.82) is 0 Å². The molecule has 152 valence electrons. The van der Waals surface area contributed by atoms with Crippen molar-refractivity contribution in [2.24, 2.45) is 0 Å². The van der Waals surface area contributed by atoms with E-state index in [0.29, 0.717) is 28.5 Å². The van der Waals surface area contributed by atoms with Crippen LogP contribution in [0.2, 0.25) is 0 Å². The Morgan fingerprint density at radius 3 is 2.43 bits per heavy atom. The zero-order chi connectivity index (χ0) is 21.3. The number of rotatable bonds is 4. The van der Waals surface area contributed by atoms with Gasteiger partial charge in [0.05, 0.1) is 5.56 Å². The highest BCUT2D eigenvalue weighted by atomic mass is 19.4. The first-order valence-corrected chi connectivity index (χ1v) is 8.96. The molecule has 4 aromatic rings. The molecule has 1 amide bonds. The Labute approximate surface area is 169 Å². The topological polar surface area (TPSA) is 71.3 Å². The van der Waals surface area contributed by atoms with E-state index in [9.17, 15) is 18.0 Å². The van der Waals surface area contributed by atoms with Gasteiger partial charge >= 0.3 is 6.18 Å². The van der Waals surface area contributed by atoms with Crippen LogP contribution >= 0.6 is 0 Å². The number of nitrogens with one attached hydrogen (secondary N) is 2. The first-order chi connectivity index (χ1) is 14.3. The van der Waals surface area contributed by atoms with Gasteiger partial charge < -0.3 is 10.6 Å². The quantitative estimate of drug-likeness (QED) is 0.493. The lowest BCUT2D eigenvalue weighted by Crippen LogP contribution is -2.13. The van der Waals surface area contributed by atoms with Crippen LogP contribution in [0.5, 0.6) is 0 Å². The average molecular weight is 411 g/mol. The third-order valence-corrected chi connectivity index (χ3v) is 4.45. The molecule has 4 rings (SSSR count). The van der Waals surface area contributed by atoms with E-state index < -0.39 is 11.9 Å². The number of nitrogens with zero attached hydrogens (tertiary/aromatic N) is 3. The van der Waals surface area contributed by atoms with Crippen molar-refractivity contribution in [3.05, 3.63) is 83.9 Å². The van der Waals surface area contributed by atoms with E-state index in [1.54, 1.807) is 61.7 Å². The van der Waals surface area contributed by atoms with E-state index in [1.807, 2.05) is 0 Å². The van der Waals surface area contributed by atoms with Crippen molar-refractivity contribution < 1.29 is 18.0 Å². The summed E-state index contributed by atoms with van der Waals surface area (Å²) in [5, 5.41) is 5.86. The second-order valence-electron chi connectivity index (χ2n) is 6.56. The van der Waals surface area contributed by atoms with Gasteiger partial charge in [0.25, 0.3) is 5.91 Å². The highest BCUT2D eigenvalue weighted by molar-refractivity contribution is 6.05. The number of hydrogen-bond donors (Lipinski definition) is 2. The molecule has 6 nitrogen and oxygen atoms in total. The van der Waals surface area contributed by atoms with E-state index in [1.165, 1.54) is 10.5 Å². The fraction of sp³-hybridized carbons (Fsp3) is 0.0952. The summed E-state index contributed by atoms with van der Waals surface area (Å²) >= 11 is 0. The molecule has 0 spiro atoms. The SMILES string of the molecule is Cc1ncccc1C(=O)Nc1ccc(Nc2cccc3nc(C(F)(F)F)cn23)cc1.